The lowest BCUT2D eigenvalue weighted by atomic mass is 10.1. The second-order valence-electron chi connectivity index (χ2n) is 4.47. The molecular formula is C16H14FN3. The molecule has 0 bridgehead atoms. The first kappa shape index (κ1) is 12.6. The van der Waals surface area contributed by atoms with Crippen LogP contribution in [0.25, 0.3) is 16.9 Å². The Morgan fingerprint density at radius 3 is 2.60 bits per heavy atom. The molecule has 0 aliphatic carbocycles. The van der Waals surface area contributed by atoms with Gasteiger partial charge in [-0.3, -0.25) is 0 Å². The Morgan fingerprint density at radius 1 is 1.05 bits per heavy atom. The number of halogens is 1. The zero-order valence-electron chi connectivity index (χ0n) is 10.8. The van der Waals surface area contributed by atoms with Gasteiger partial charge in [-0.25, -0.2) is 9.07 Å². The van der Waals surface area contributed by atoms with E-state index in [1.807, 2.05) is 41.1 Å². The number of nitrogens with two attached hydrogens (primary N) is 1. The zero-order chi connectivity index (χ0) is 13.9. The standard InChI is InChI=1S/C16H14FN3/c17-15-7-6-12(10-13(15)11-18)16-8-9-19-20(16)14-4-2-1-3-5-14/h1-10H,11,18H2. The molecule has 1 heterocycles. The SMILES string of the molecule is NCc1cc(-c2ccnn2-c2ccccc2)ccc1F. The Bertz CT molecular complexity index is 720. The average Bonchev–Trinajstić information content (AvgIpc) is 2.98. The molecule has 20 heavy (non-hydrogen) atoms. The molecule has 0 saturated carbocycles. The van der Waals surface area contributed by atoms with E-state index < -0.39 is 0 Å². The number of benzene rings is 2. The zero-order valence-corrected chi connectivity index (χ0v) is 10.8. The highest BCUT2D eigenvalue weighted by molar-refractivity contribution is 5.62. The van der Waals surface area contributed by atoms with Crippen molar-refractivity contribution in [2.24, 2.45) is 5.73 Å². The predicted molar refractivity (Wildman–Crippen MR) is 76.8 cm³/mol. The third-order valence-electron chi connectivity index (χ3n) is 3.20. The maximum atomic E-state index is 13.5. The molecule has 3 nitrogen and oxygen atoms in total. The summed E-state index contributed by atoms with van der Waals surface area (Å²) in [5.74, 6) is -0.276. The number of para-hydroxylation sites is 1. The molecule has 0 atom stereocenters. The van der Waals surface area contributed by atoms with Gasteiger partial charge in [-0.15, -0.1) is 0 Å². The Morgan fingerprint density at radius 2 is 1.85 bits per heavy atom. The van der Waals surface area contributed by atoms with Gasteiger partial charge in [0.25, 0.3) is 0 Å². The monoisotopic (exact) mass is 267 g/mol. The summed E-state index contributed by atoms with van der Waals surface area (Å²) in [4.78, 5) is 0. The summed E-state index contributed by atoms with van der Waals surface area (Å²) in [6.07, 6.45) is 1.73. The summed E-state index contributed by atoms with van der Waals surface area (Å²) in [6.45, 7) is 0.180. The van der Waals surface area contributed by atoms with Crippen LogP contribution in [0.15, 0.2) is 60.8 Å². The van der Waals surface area contributed by atoms with E-state index in [0.717, 1.165) is 16.9 Å². The van der Waals surface area contributed by atoms with Crippen molar-refractivity contribution in [3.63, 3.8) is 0 Å². The Kier molecular flexibility index (Phi) is 3.31. The molecule has 0 aliphatic heterocycles. The number of hydrogen-bond donors (Lipinski definition) is 1. The summed E-state index contributed by atoms with van der Waals surface area (Å²) in [5, 5.41) is 4.33. The Hall–Kier alpha value is -2.46. The van der Waals surface area contributed by atoms with E-state index in [9.17, 15) is 4.39 Å². The number of nitrogens with zero attached hydrogens (tertiary/aromatic N) is 2. The van der Waals surface area contributed by atoms with Gasteiger partial charge in [0.2, 0.25) is 0 Å². The van der Waals surface area contributed by atoms with E-state index in [1.54, 1.807) is 18.3 Å². The van der Waals surface area contributed by atoms with Crippen LogP contribution in [0.5, 0.6) is 0 Å². The fraction of sp³-hybridized carbons (Fsp3) is 0.0625. The first-order valence-electron chi connectivity index (χ1n) is 6.38. The van der Waals surface area contributed by atoms with Gasteiger partial charge >= 0.3 is 0 Å². The van der Waals surface area contributed by atoms with Gasteiger partial charge in [0.1, 0.15) is 5.82 Å². The summed E-state index contributed by atoms with van der Waals surface area (Å²) < 4.78 is 15.4. The second-order valence-corrected chi connectivity index (χ2v) is 4.47. The maximum Gasteiger partial charge on any atom is 0.127 e. The van der Waals surface area contributed by atoms with Gasteiger partial charge < -0.3 is 5.73 Å². The van der Waals surface area contributed by atoms with E-state index in [2.05, 4.69) is 5.10 Å². The summed E-state index contributed by atoms with van der Waals surface area (Å²) in [6, 6.07) is 16.7. The quantitative estimate of drug-likeness (QED) is 0.792. The van der Waals surface area contributed by atoms with Crippen molar-refractivity contribution in [2.75, 3.05) is 0 Å². The van der Waals surface area contributed by atoms with E-state index >= 15 is 0 Å². The average molecular weight is 267 g/mol. The lowest BCUT2D eigenvalue weighted by Gasteiger charge is -2.09. The predicted octanol–water partition coefficient (Wildman–Crippen LogP) is 3.14. The highest BCUT2D eigenvalue weighted by Gasteiger charge is 2.09. The van der Waals surface area contributed by atoms with Crippen LogP contribution in [0.1, 0.15) is 5.56 Å². The van der Waals surface area contributed by atoms with Crippen LogP contribution in [-0.4, -0.2) is 9.78 Å². The molecule has 4 heteroatoms. The van der Waals surface area contributed by atoms with Crippen LogP contribution in [0.4, 0.5) is 4.39 Å². The summed E-state index contributed by atoms with van der Waals surface area (Å²) in [5.41, 5.74) is 8.83. The van der Waals surface area contributed by atoms with E-state index in [0.29, 0.717) is 5.56 Å². The molecule has 3 aromatic rings. The van der Waals surface area contributed by atoms with Crippen LogP contribution >= 0.6 is 0 Å². The largest absolute Gasteiger partial charge is 0.326 e. The Labute approximate surface area is 116 Å². The molecule has 0 unspecified atom stereocenters. The van der Waals surface area contributed by atoms with Gasteiger partial charge in [0.05, 0.1) is 17.6 Å². The molecule has 0 aliphatic rings. The van der Waals surface area contributed by atoms with Crippen molar-refractivity contribution in [3.8, 4) is 16.9 Å². The molecule has 0 saturated heterocycles. The minimum atomic E-state index is -0.276. The molecule has 100 valence electrons. The smallest absolute Gasteiger partial charge is 0.127 e. The fourth-order valence-electron chi connectivity index (χ4n) is 2.19. The van der Waals surface area contributed by atoms with Gasteiger partial charge in [-0.2, -0.15) is 5.10 Å². The van der Waals surface area contributed by atoms with Crippen LogP contribution in [0.2, 0.25) is 0 Å². The van der Waals surface area contributed by atoms with E-state index in [4.69, 9.17) is 5.73 Å². The lowest BCUT2D eigenvalue weighted by molar-refractivity contribution is 0.611. The van der Waals surface area contributed by atoms with Crippen LogP contribution < -0.4 is 5.73 Å². The van der Waals surface area contributed by atoms with Crippen molar-refractivity contribution in [2.45, 2.75) is 6.54 Å². The third kappa shape index (κ3) is 2.21. The van der Waals surface area contributed by atoms with Gasteiger partial charge in [0, 0.05) is 17.7 Å². The maximum absolute atomic E-state index is 13.5. The van der Waals surface area contributed by atoms with E-state index in [-0.39, 0.29) is 12.4 Å². The van der Waals surface area contributed by atoms with Crippen LogP contribution in [0, 0.1) is 5.82 Å². The number of aromatic nitrogens is 2. The van der Waals surface area contributed by atoms with Crippen molar-refractivity contribution in [1.82, 2.24) is 9.78 Å². The van der Waals surface area contributed by atoms with Gasteiger partial charge in [0.15, 0.2) is 0 Å². The minimum absolute atomic E-state index is 0.180. The second kappa shape index (κ2) is 5.27. The highest BCUT2D eigenvalue weighted by atomic mass is 19.1. The van der Waals surface area contributed by atoms with Crippen LogP contribution in [0.3, 0.4) is 0 Å². The lowest BCUT2D eigenvalue weighted by Crippen LogP contribution is -2.02. The van der Waals surface area contributed by atoms with Crippen LogP contribution in [-0.2, 0) is 6.54 Å². The Balaban J connectivity index is 2.10. The molecule has 0 amide bonds. The first-order valence-corrected chi connectivity index (χ1v) is 6.38. The molecule has 0 radical (unpaired) electrons. The number of rotatable bonds is 3. The summed E-state index contributed by atoms with van der Waals surface area (Å²) >= 11 is 0. The number of hydrogen-bond acceptors (Lipinski definition) is 2. The molecular weight excluding hydrogens is 253 g/mol. The fourth-order valence-corrected chi connectivity index (χ4v) is 2.19. The van der Waals surface area contributed by atoms with Gasteiger partial charge in [-0.1, -0.05) is 18.2 Å². The molecule has 0 fully saturated rings. The first-order chi connectivity index (χ1) is 9.79. The van der Waals surface area contributed by atoms with E-state index in [1.165, 1.54) is 6.07 Å². The van der Waals surface area contributed by atoms with Crippen molar-refractivity contribution in [3.05, 3.63) is 72.2 Å². The van der Waals surface area contributed by atoms with Crippen molar-refractivity contribution in [1.29, 1.82) is 0 Å². The molecule has 1 aromatic heterocycles. The summed E-state index contributed by atoms with van der Waals surface area (Å²) in [7, 11) is 0. The van der Waals surface area contributed by atoms with Crippen molar-refractivity contribution >= 4 is 0 Å². The topological polar surface area (TPSA) is 43.8 Å². The molecule has 2 aromatic carbocycles. The van der Waals surface area contributed by atoms with Gasteiger partial charge in [-0.05, 0) is 36.4 Å². The molecule has 3 rings (SSSR count). The van der Waals surface area contributed by atoms with Crippen molar-refractivity contribution < 1.29 is 4.39 Å². The molecule has 0 spiro atoms. The normalized spacial score (nSPS) is 10.7. The third-order valence-corrected chi connectivity index (χ3v) is 3.20. The molecule has 2 N–H and O–H groups in total. The highest BCUT2D eigenvalue weighted by Crippen LogP contribution is 2.24. The minimum Gasteiger partial charge on any atom is -0.326 e.